The first kappa shape index (κ1) is 16.9. The fourth-order valence-corrected chi connectivity index (χ4v) is 3.39. The van der Waals surface area contributed by atoms with Crippen molar-refractivity contribution in [2.45, 2.75) is 32.3 Å². The topological polar surface area (TPSA) is 47.9 Å². The molecule has 0 unspecified atom stereocenters. The summed E-state index contributed by atoms with van der Waals surface area (Å²) in [7, 11) is 0. The first-order valence-corrected chi connectivity index (χ1v) is 8.95. The van der Waals surface area contributed by atoms with E-state index >= 15 is 0 Å². The highest BCUT2D eigenvalue weighted by Gasteiger charge is 2.20. The van der Waals surface area contributed by atoms with E-state index in [9.17, 15) is 4.39 Å². The van der Waals surface area contributed by atoms with E-state index in [0.29, 0.717) is 23.1 Å². The molecule has 26 heavy (non-hydrogen) atoms. The minimum absolute atomic E-state index is 0.308. The highest BCUT2D eigenvalue weighted by atomic mass is 35.5. The van der Waals surface area contributed by atoms with Crippen LogP contribution in [-0.2, 0) is 19.4 Å². The fraction of sp³-hybridized carbons (Fsp3) is 0.250. The van der Waals surface area contributed by atoms with Crippen molar-refractivity contribution in [2.75, 3.05) is 0 Å². The molecule has 0 fully saturated rings. The summed E-state index contributed by atoms with van der Waals surface area (Å²) in [6.07, 6.45) is 6.89. The second-order valence-corrected chi connectivity index (χ2v) is 6.68. The molecule has 0 radical (unpaired) electrons. The lowest BCUT2D eigenvalue weighted by Crippen LogP contribution is -2.10. The molecule has 3 aromatic rings. The van der Waals surface area contributed by atoms with Crippen LogP contribution < -0.4 is 4.74 Å². The Morgan fingerprint density at radius 3 is 2.81 bits per heavy atom. The molecular weight excluding hydrogens is 353 g/mol. The van der Waals surface area contributed by atoms with Gasteiger partial charge in [0, 0.05) is 29.7 Å². The summed E-state index contributed by atoms with van der Waals surface area (Å²) in [6, 6.07) is 9.04. The standard InChI is InChI=1S/C20H17ClFN3O/c21-13-9-17(20(22)24-11-13)16-10-19(25-18-7-2-1-6-15(16)18)26-12-14-5-3-4-8-23-14/h3-5,8-11H,1-2,6-7,12H2. The molecule has 1 aliphatic carbocycles. The Labute approximate surface area is 156 Å². The molecule has 4 nitrogen and oxygen atoms in total. The van der Waals surface area contributed by atoms with Crippen LogP contribution >= 0.6 is 11.6 Å². The third-order valence-corrected chi connectivity index (χ3v) is 4.67. The van der Waals surface area contributed by atoms with Crippen molar-refractivity contribution >= 4 is 11.6 Å². The van der Waals surface area contributed by atoms with Crippen molar-refractivity contribution < 1.29 is 9.13 Å². The first-order chi connectivity index (χ1) is 12.7. The average Bonchev–Trinajstić information content (AvgIpc) is 2.68. The quantitative estimate of drug-likeness (QED) is 0.620. The van der Waals surface area contributed by atoms with Crippen LogP contribution in [0.25, 0.3) is 11.1 Å². The Hall–Kier alpha value is -2.53. The van der Waals surface area contributed by atoms with E-state index in [-0.39, 0.29) is 0 Å². The summed E-state index contributed by atoms with van der Waals surface area (Å²) in [4.78, 5) is 12.6. The van der Waals surface area contributed by atoms with Gasteiger partial charge in [0.15, 0.2) is 0 Å². The van der Waals surface area contributed by atoms with E-state index in [1.807, 2.05) is 18.2 Å². The van der Waals surface area contributed by atoms with E-state index < -0.39 is 5.95 Å². The number of halogens is 2. The van der Waals surface area contributed by atoms with Crippen molar-refractivity contribution in [3.8, 4) is 17.0 Å². The monoisotopic (exact) mass is 369 g/mol. The molecular formula is C20H17ClFN3O. The van der Waals surface area contributed by atoms with Crippen LogP contribution in [0.4, 0.5) is 4.39 Å². The number of ether oxygens (including phenoxy) is 1. The fourth-order valence-electron chi connectivity index (χ4n) is 3.24. The minimum atomic E-state index is -0.538. The maximum Gasteiger partial charge on any atom is 0.220 e. The number of aryl methyl sites for hydroxylation is 1. The number of fused-ring (bicyclic) bond motifs is 1. The van der Waals surface area contributed by atoms with Crippen LogP contribution in [0.1, 0.15) is 29.8 Å². The zero-order valence-corrected chi connectivity index (χ0v) is 14.8. The summed E-state index contributed by atoms with van der Waals surface area (Å²) in [5.74, 6) is -0.0743. The van der Waals surface area contributed by atoms with Crippen LogP contribution in [0, 0.1) is 5.95 Å². The molecule has 0 atom stereocenters. The van der Waals surface area contributed by atoms with Gasteiger partial charge in [-0.15, -0.1) is 0 Å². The molecule has 0 spiro atoms. The third kappa shape index (κ3) is 3.53. The van der Waals surface area contributed by atoms with Crippen LogP contribution in [0.5, 0.6) is 5.88 Å². The van der Waals surface area contributed by atoms with Crippen LogP contribution in [0.15, 0.2) is 42.7 Å². The zero-order chi connectivity index (χ0) is 17.9. The lowest BCUT2D eigenvalue weighted by molar-refractivity contribution is 0.288. The smallest absolute Gasteiger partial charge is 0.220 e. The number of pyridine rings is 3. The third-order valence-electron chi connectivity index (χ3n) is 4.47. The lowest BCUT2D eigenvalue weighted by Gasteiger charge is -2.20. The molecule has 4 rings (SSSR count). The molecule has 0 saturated heterocycles. The number of hydrogen-bond acceptors (Lipinski definition) is 4. The Morgan fingerprint density at radius 2 is 1.96 bits per heavy atom. The van der Waals surface area contributed by atoms with Crippen molar-refractivity contribution in [1.82, 2.24) is 15.0 Å². The normalized spacial score (nSPS) is 13.3. The van der Waals surface area contributed by atoms with E-state index in [1.165, 1.54) is 6.20 Å². The SMILES string of the molecule is Fc1ncc(Cl)cc1-c1cc(OCc2ccccn2)nc2c1CCCC2. The van der Waals surface area contributed by atoms with Gasteiger partial charge < -0.3 is 4.74 Å². The Bertz CT molecular complexity index is 934. The Morgan fingerprint density at radius 1 is 1.08 bits per heavy atom. The van der Waals surface area contributed by atoms with Gasteiger partial charge in [-0.05, 0) is 55.0 Å². The molecule has 0 aliphatic heterocycles. The van der Waals surface area contributed by atoms with Crippen molar-refractivity contribution in [3.63, 3.8) is 0 Å². The van der Waals surface area contributed by atoms with Gasteiger partial charge in [-0.25, -0.2) is 9.97 Å². The molecule has 0 saturated carbocycles. The van der Waals surface area contributed by atoms with Crippen molar-refractivity contribution in [3.05, 3.63) is 70.6 Å². The van der Waals surface area contributed by atoms with E-state index in [0.717, 1.165) is 48.2 Å². The van der Waals surface area contributed by atoms with Crippen LogP contribution in [0.3, 0.4) is 0 Å². The maximum atomic E-state index is 14.4. The second-order valence-electron chi connectivity index (χ2n) is 6.24. The molecule has 0 bridgehead atoms. The number of aromatic nitrogens is 3. The van der Waals surface area contributed by atoms with Crippen LogP contribution in [0.2, 0.25) is 5.02 Å². The Balaban J connectivity index is 1.73. The maximum absolute atomic E-state index is 14.4. The summed E-state index contributed by atoms with van der Waals surface area (Å²) < 4.78 is 20.2. The molecule has 0 aromatic carbocycles. The minimum Gasteiger partial charge on any atom is -0.471 e. The largest absolute Gasteiger partial charge is 0.471 e. The van der Waals surface area contributed by atoms with Gasteiger partial charge in [0.25, 0.3) is 0 Å². The summed E-state index contributed by atoms with van der Waals surface area (Å²) in [5.41, 5.74) is 3.98. The molecule has 0 N–H and O–H groups in total. The number of hydrogen-bond donors (Lipinski definition) is 0. The predicted octanol–water partition coefficient (Wildman–Crippen LogP) is 4.79. The highest BCUT2D eigenvalue weighted by Crippen LogP contribution is 2.35. The Kier molecular flexibility index (Phi) is 4.80. The second kappa shape index (κ2) is 7.38. The van der Waals surface area contributed by atoms with Crippen LogP contribution in [-0.4, -0.2) is 15.0 Å². The van der Waals surface area contributed by atoms with Gasteiger partial charge in [-0.1, -0.05) is 17.7 Å². The van der Waals surface area contributed by atoms with E-state index in [2.05, 4.69) is 15.0 Å². The molecule has 3 aromatic heterocycles. The molecule has 3 heterocycles. The lowest BCUT2D eigenvalue weighted by atomic mass is 9.89. The highest BCUT2D eigenvalue weighted by molar-refractivity contribution is 6.30. The van der Waals surface area contributed by atoms with Gasteiger partial charge in [-0.3, -0.25) is 4.98 Å². The number of rotatable bonds is 4. The number of nitrogens with zero attached hydrogens (tertiary/aromatic N) is 3. The summed E-state index contributed by atoms with van der Waals surface area (Å²) in [6.45, 7) is 0.308. The first-order valence-electron chi connectivity index (χ1n) is 8.57. The molecule has 1 aliphatic rings. The summed E-state index contributed by atoms with van der Waals surface area (Å²) >= 11 is 6.05. The zero-order valence-electron chi connectivity index (χ0n) is 14.1. The van der Waals surface area contributed by atoms with E-state index in [1.54, 1.807) is 18.3 Å². The van der Waals surface area contributed by atoms with Gasteiger partial charge >= 0.3 is 0 Å². The summed E-state index contributed by atoms with van der Waals surface area (Å²) in [5, 5.41) is 0.402. The molecule has 0 amide bonds. The average molecular weight is 370 g/mol. The molecule has 6 heteroatoms. The van der Waals surface area contributed by atoms with Gasteiger partial charge in [0.2, 0.25) is 11.8 Å². The van der Waals surface area contributed by atoms with Crippen molar-refractivity contribution in [1.29, 1.82) is 0 Å². The van der Waals surface area contributed by atoms with Gasteiger partial charge in [0.05, 0.1) is 10.7 Å². The van der Waals surface area contributed by atoms with Gasteiger partial charge in [-0.2, -0.15) is 4.39 Å². The van der Waals surface area contributed by atoms with Gasteiger partial charge in [0.1, 0.15) is 6.61 Å². The van der Waals surface area contributed by atoms with Crippen molar-refractivity contribution in [2.24, 2.45) is 0 Å². The van der Waals surface area contributed by atoms with E-state index in [4.69, 9.17) is 16.3 Å². The molecule has 132 valence electrons. The predicted molar refractivity (Wildman–Crippen MR) is 97.6 cm³/mol.